The predicted octanol–water partition coefficient (Wildman–Crippen LogP) is 0.827. The number of nitrogens with one attached hydrogen (secondary N) is 2. The van der Waals surface area contributed by atoms with Gasteiger partial charge in [0.15, 0.2) is 0 Å². The molecule has 0 spiro atoms. The Morgan fingerprint density at radius 1 is 1.53 bits per heavy atom. The Labute approximate surface area is 98.4 Å². The van der Waals surface area contributed by atoms with Crippen LogP contribution in [0.3, 0.4) is 0 Å². The van der Waals surface area contributed by atoms with Crippen LogP contribution in [0.2, 0.25) is 0 Å². The van der Waals surface area contributed by atoms with E-state index in [-0.39, 0.29) is 31.1 Å². The first-order valence-electron chi connectivity index (χ1n) is 5.30. The van der Waals surface area contributed by atoms with Crippen LogP contribution in [0.5, 0.6) is 0 Å². The molecule has 1 aromatic heterocycles. The van der Waals surface area contributed by atoms with Gasteiger partial charge in [0.1, 0.15) is 12.4 Å². The SMILES string of the molecule is Cc1cccc(NC(=O)N[C@@H]2COC(=O)C2)n1. The molecule has 17 heavy (non-hydrogen) atoms. The summed E-state index contributed by atoms with van der Waals surface area (Å²) in [6.07, 6.45) is 0.217. The van der Waals surface area contributed by atoms with Crippen LogP contribution in [0.4, 0.5) is 10.6 Å². The van der Waals surface area contributed by atoms with Gasteiger partial charge in [-0.3, -0.25) is 10.1 Å². The first-order chi connectivity index (χ1) is 8.13. The normalized spacial score (nSPS) is 18.6. The minimum absolute atomic E-state index is 0.217. The summed E-state index contributed by atoms with van der Waals surface area (Å²) in [7, 11) is 0. The highest BCUT2D eigenvalue weighted by molar-refractivity contribution is 5.89. The van der Waals surface area contributed by atoms with E-state index in [4.69, 9.17) is 4.74 Å². The average Bonchev–Trinajstić information content (AvgIpc) is 2.63. The lowest BCUT2D eigenvalue weighted by atomic mass is 10.2. The van der Waals surface area contributed by atoms with Crippen LogP contribution in [0, 0.1) is 6.92 Å². The standard InChI is InChI=1S/C11H13N3O3/c1-7-3-2-4-9(12-7)14-11(16)13-8-5-10(15)17-6-8/h2-4,8H,5-6H2,1H3,(H2,12,13,14,16)/t8-/m0/s1. The fourth-order valence-corrected chi connectivity index (χ4v) is 1.56. The number of rotatable bonds is 2. The molecule has 1 aliphatic heterocycles. The second-order valence-corrected chi connectivity index (χ2v) is 3.85. The van der Waals surface area contributed by atoms with Crippen molar-refractivity contribution in [1.82, 2.24) is 10.3 Å². The first-order valence-corrected chi connectivity index (χ1v) is 5.30. The molecular formula is C11H13N3O3. The van der Waals surface area contributed by atoms with E-state index in [1.54, 1.807) is 12.1 Å². The van der Waals surface area contributed by atoms with Gasteiger partial charge in [-0.15, -0.1) is 0 Å². The second-order valence-electron chi connectivity index (χ2n) is 3.85. The highest BCUT2D eigenvalue weighted by Crippen LogP contribution is 2.07. The summed E-state index contributed by atoms with van der Waals surface area (Å²) in [6.45, 7) is 2.07. The van der Waals surface area contributed by atoms with Gasteiger partial charge in [0.25, 0.3) is 0 Å². The zero-order chi connectivity index (χ0) is 12.3. The number of hydrogen-bond acceptors (Lipinski definition) is 4. The van der Waals surface area contributed by atoms with Crippen molar-refractivity contribution in [2.24, 2.45) is 0 Å². The predicted molar refractivity (Wildman–Crippen MR) is 60.5 cm³/mol. The summed E-state index contributed by atoms with van der Waals surface area (Å²) in [5.74, 6) is 0.191. The quantitative estimate of drug-likeness (QED) is 0.744. The monoisotopic (exact) mass is 235 g/mol. The summed E-state index contributed by atoms with van der Waals surface area (Å²) < 4.78 is 4.74. The number of nitrogens with zero attached hydrogens (tertiary/aromatic N) is 1. The molecular weight excluding hydrogens is 222 g/mol. The zero-order valence-corrected chi connectivity index (χ0v) is 9.40. The van der Waals surface area contributed by atoms with Gasteiger partial charge in [-0.1, -0.05) is 6.07 Å². The van der Waals surface area contributed by atoms with Crippen molar-refractivity contribution in [3.63, 3.8) is 0 Å². The van der Waals surface area contributed by atoms with Crippen LogP contribution in [-0.4, -0.2) is 29.6 Å². The smallest absolute Gasteiger partial charge is 0.320 e. The third-order valence-electron chi connectivity index (χ3n) is 2.32. The van der Waals surface area contributed by atoms with Gasteiger partial charge in [0.2, 0.25) is 0 Å². The summed E-state index contributed by atoms with van der Waals surface area (Å²) in [6, 6.07) is 4.70. The summed E-state index contributed by atoms with van der Waals surface area (Å²) >= 11 is 0. The van der Waals surface area contributed by atoms with Crippen molar-refractivity contribution in [1.29, 1.82) is 0 Å². The molecule has 6 heteroatoms. The van der Waals surface area contributed by atoms with Gasteiger partial charge < -0.3 is 10.1 Å². The molecule has 0 unspecified atom stereocenters. The Balaban J connectivity index is 1.87. The Morgan fingerprint density at radius 2 is 2.35 bits per heavy atom. The first kappa shape index (κ1) is 11.4. The molecule has 1 saturated heterocycles. The summed E-state index contributed by atoms with van der Waals surface area (Å²) in [5, 5.41) is 5.24. The van der Waals surface area contributed by atoms with Crippen molar-refractivity contribution in [2.75, 3.05) is 11.9 Å². The average molecular weight is 235 g/mol. The van der Waals surface area contributed by atoms with Crippen LogP contribution in [0.15, 0.2) is 18.2 Å². The number of hydrogen-bond donors (Lipinski definition) is 2. The zero-order valence-electron chi connectivity index (χ0n) is 9.40. The Hall–Kier alpha value is -2.11. The Kier molecular flexibility index (Phi) is 3.22. The Morgan fingerprint density at radius 3 is 3.00 bits per heavy atom. The number of aromatic nitrogens is 1. The van der Waals surface area contributed by atoms with Crippen molar-refractivity contribution < 1.29 is 14.3 Å². The van der Waals surface area contributed by atoms with E-state index in [0.717, 1.165) is 5.69 Å². The summed E-state index contributed by atoms with van der Waals surface area (Å²) in [4.78, 5) is 26.5. The molecule has 2 heterocycles. The number of pyridine rings is 1. The molecule has 1 atom stereocenters. The molecule has 0 radical (unpaired) electrons. The van der Waals surface area contributed by atoms with Gasteiger partial charge in [0.05, 0.1) is 12.5 Å². The highest BCUT2D eigenvalue weighted by atomic mass is 16.5. The van der Waals surface area contributed by atoms with Crippen LogP contribution < -0.4 is 10.6 Å². The lowest BCUT2D eigenvalue weighted by Gasteiger charge is -2.10. The maximum absolute atomic E-state index is 11.6. The second kappa shape index (κ2) is 4.82. The van der Waals surface area contributed by atoms with E-state index < -0.39 is 0 Å². The molecule has 2 amide bonds. The van der Waals surface area contributed by atoms with Gasteiger partial charge in [-0.25, -0.2) is 9.78 Å². The molecule has 0 aliphatic carbocycles. The van der Waals surface area contributed by atoms with Crippen molar-refractivity contribution >= 4 is 17.8 Å². The molecule has 1 fully saturated rings. The number of anilines is 1. The van der Waals surface area contributed by atoms with E-state index in [9.17, 15) is 9.59 Å². The van der Waals surface area contributed by atoms with Crippen LogP contribution in [0.25, 0.3) is 0 Å². The van der Waals surface area contributed by atoms with E-state index >= 15 is 0 Å². The number of esters is 1. The van der Waals surface area contributed by atoms with Crippen molar-refractivity contribution in [2.45, 2.75) is 19.4 Å². The number of ether oxygens (including phenoxy) is 1. The number of aryl methyl sites for hydroxylation is 1. The van der Waals surface area contributed by atoms with Gasteiger partial charge in [-0.2, -0.15) is 0 Å². The largest absolute Gasteiger partial charge is 0.463 e. The number of carbonyl (C=O) groups is 2. The number of cyclic esters (lactones) is 1. The van der Waals surface area contributed by atoms with E-state index in [1.807, 2.05) is 13.0 Å². The third kappa shape index (κ3) is 3.17. The molecule has 1 aliphatic rings. The molecule has 2 rings (SSSR count). The molecule has 6 nitrogen and oxygen atoms in total. The van der Waals surface area contributed by atoms with Crippen LogP contribution >= 0.6 is 0 Å². The Bertz CT molecular complexity index is 447. The minimum atomic E-state index is -0.383. The van der Waals surface area contributed by atoms with E-state index in [2.05, 4.69) is 15.6 Å². The van der Waals surface area contributed by atoms with Crippen LogP contribution in [0.1, 0.15) is 12.1 Å². The fraction of sp³-hybridized carbons (Fsp3) is 0.364. The van der Waals surface area contributed by atoms with Gasteiger partial charge >= 0.3 is 12.0 Å². The lowest BCUT2D eigenvalue weighted by Crippen LogP contribution is -2.38. The molecule has 2 N–H and O–H groups in total. The van der Waals surface area contributed by atoms with Gasteiger partial charge in [-0.05, 0) is 19.1 Å². The van der Waals surface area contributed by atoms with Gasteiger partial charge in [0, 0.05) is 5.69 Å². The molecule has 1 aromatic rings. The molecule has 90 valence electrons. The third-order valence-corrected chi connectivity index (χ3v) is 2.32. The highest BCUT2D eigenvalue weighted by Gasteiger charge is 2.25. The lowest BCUT2D eigenvalue weighted by molar-refractivity contribution is -0.137. The maximum atomic E-state index is 11.6. The van der Waals surface area contributed by atoms with E-state index in [1.165, 1.54) is 0 Å². The fourth-order valence-electron chi connectivity index (χ4n) is 1.56. The number of urea groups is 1. The number of amides is 2. The van der Waals surface area contributed by atoms with Crippen molar-refractivity contribution in [3.05, 3.63) is 23.9 Å². The van der Waals surface area contributed by atoms with E-state index in [0.29, 0.717) is 5.82 Å². The van der Waals surface area contributed by atoms with Crippen molar-refractivity contribution in [3.8, 4) is 0 Å². The maximum Gasteiger partial charge on any atom is 0.320 e. The minimum Gasteiger partial charge on any atom is -0.463 e. The molecule has 0 saturated carbocycles. The molecule has 0 aromatic carbocycles. The summed E-state index contributed by atoms with van der Waals surface area (Å²) in [5.41, 5.74) is 0.821. The topological polar surface area (TPSA) is 80.3 Å². The van der Waals surface area contributed by atoms with Crippen LogP contribution in [-0.2, 0) is 9.53 Å². The number of carbonyl (C=O) groups excluding carboxylic acids is 2. The molecule has 0 bridgehead atoms.